The van der Waals surface area contributed by atoms with E-state index in [4.69, 9.17) is 5.26 Å². The van der Waals surface area contributed by atoms with E-state index >= 15 is 0 Å². The molecule has 0 aliphatic heterocycles. The first-order valence-corrected chi connectivity index (χ1v) is 6.00. The van der Waals surface area contributed by atoms with Crippen LogP contribution in [0.2, 0.25) is 0 Å². The zero-order valence-corrected chi connectivity index (χ0v) is 9.80. The summed E-state index contributed by atoms with van der Waals surface area (Å²) in [6.45, 7) is 2.00. The summed E-state index contributed by atoms with van der Waals surface area (Å²) in [5, 5.41) is 11.7. The molecule has 1 aromatic heterocycles. The third-order valence-corrected chi connectivity index (χ3v) is 3.27. The van der Waals surface area contributed by atoms with Gasteiger partial charge >= 0.3 is 0 Å². The Labute approximate surface area is 98.4 Å². The predicted molar refractivity (Wildman–Crippen MR) is 63.8 cm³/mol. The summed E-state index contributed by atoms with van der Waals surface area (Å²) >= 11 is 1.58. The Balaban J connectivity index is 2.11. The number of thiophene rings is 1. The lowest BCUT2D eigenvalue weighted by atomic mass is 10.2. The minimum atomic E-state index is -0.254. The van der Waals surface area contributed by atoms with Crippen LogP contribution in [0.4, 0.5) is 0 Å². The summed E-state index contributed by atoms with van der Waals surface area (Å²) in [5.74, 6) is -0.254. The zero-order valence-electron chi connectivity index (χ0n) is 8.99. The lowest BCUT2D eigenvalue weighted by molar-refractivity contribution is -0.117. The van der Waals surface area contributed by atoms with Crippen molar-refractivity contribution in [3.05, 3.63) is 27.5 Å². The van der Waals surface area contributed by atoms with Gasteiger partial charge in [0.15, 0.2) is 0 Å². The molecule has 1 aliphatic carbocycles. The number of nitriles is 1. The first-order chi connectivity index (χ1) is 7.69. The summed E-state index contributed by atoms with van der Waals surface area (Å²) in [6, 6.07) is 6.13. The number of aryl methyl sites for hydroxylation is 1. The molecule has 0 saturated heterocycles. The molecule has 1 aliphatic rings. The van der Waals surface area contributed by atoms with Crippen LogP contribution >= 0.6 is 11.3 Å². The Morgan fingerprint density at radius 3 is 2.88 bits per heavy atom. The molecule has 3 nitrogen and oxygen atoms in total. The van der Waals surface area contributed by atoms with E-state index in [0.717, 1.165) is 17.7 Å². The van der Waals surface area contributed by atoms with Gasteiger partial charge < -0.3 is 5.32 Å². The minimum absolute atomic E-state index is 0.189. The van der Waals surface area contributed by atoms with Crippen LogP contribution in [-0.4, -0.2) is 11.9 Å². The molecule has 0 unspecified atom stereocenters. The van der Waals surface area contributed by atoms with Crippen LogP contribution in [0.25, 0.3) is 6.08 Å². The molecule has 1 N–H and O–H groups in total. The molecule has 16 heavy (non-hydrogen) atoms. The fraction of sp³-hybridized carbons (Fsp3) is 0.333. The van der Waals surface area contributed by atoms with Crippen LogP contribution in [0.3, 0.4) is 0 Å². The fourth-order valence-corrected chi connectivity index (χ4v) is 2.13. The molecule has 4 heteroatoms. The minimum Gasteiger partial charge on any atom is -0.349 e. The molecule has 0 aromatic carbocycles. The topological polar surface area (TPSA) is 52.9 Å². The van der Waals surface area contributed by atoms with E-state index in [9.17, 15) is 4.79 Å². The van der Waals surface area contributed by atoms with Gasteiger partial charge in [0.1, 0.15) is 11.6 Å². The van der Waals surface area contributed by atoms with Crippen LogP contribution in [-0.2, 0) is 4.79 Å². The molecule has 0 spiro atoms. The van der Waals surface area contributed by atoms with Gasteiger partial charge in [-0.3, -0.25) is 4.79 Å². The van der Waals surface area contributed by atoms with E-state index in [1.54, 1.807) is 17.4 Å². The van der Waals surface area contributed by atoms with E-state index in [0.29, 0.717) is 0 Å². The number of nitrogens with one attached hydrogen (secondary N) is 1. The fourth-order valence-electron chi connectivity index (χ4n) is 1.31. The molecule has 1 saturated carbocycles. The van der Waals surface area contributed by atoms with E-state index in [2.05, 4.69) is 5.32 Å². The van der Waals surface area contributed by atoms with Crippen LogP contribution in [0.15, 0.2) is 17.7 Å². The Bertz CT molecular complexity index is 477. The standard InChI is InChI=1S/C12H12N2OS/c1-8-2-5-11(16-8)6-9(7-13)12(15)14-10-3-4-10/h2,5-6,10H,3-4H2,1H3,(H,14,15). The number of nitrogens with zero attached hydrogens (tertiary/aromatic N) is 1. The molecular formula is C12H12N2OS. The second-order valence-corrected chi connectivity index (χ2v) is 5.19. The molecule has 0 bridgehead atoms. The number of rotatable bonds is 3. The number of hydrogen-bond acceptors (Lipinski definition) is 3. The lowest BCUT2D eigenvalue weighted by Crippen LogP contribution is -2.26. The predicted octanol–water partition coefficient (Wildman–Crippen LogP) is 2.24. The van der Waals surface area contributed by atoms with Crippen molar-refractivity contribution >= 4 is 23.3 Å². The van der Waals surface area contributed by atoms with Gasteiger partial charge in [0.25, 0.3) is 5.91 Å². The summed E-state index contributed by atoms with van der Waals surface area (Å²) in [4.78, 5) is 13.8. The van der Waals surface area contributed by atoms with Crippen molar-refractivity contribution in [2.24, 2.45) is 0 Å². The Kier molecular flexibility index (Phi) is 3.07. The third kappa shape index (κ3) is 2.71. The molecule has 1 heterocycles. The Morgan fingerprint density at radius 1 is 1.62 bits per heavy atom. The maximum Gasteiger partial charge on any atom is 0.262 e. The number of carbonyl (C=O) groups excluding carboxylic acids is 1. The Hall–Kier alpha value is -1.60. The molecule has 0 atom stereocenters. The highest BCUT2D eigenvalue weighted by Crippen LogP contribution is 2.21. The second-order valence-electron chi connectivity index (χ2n) is 3.87. The normalized spacial score (nSPS) is 15.6. The van der Waals surface area contributed by atoms with Crippen LogP contribution < -0.4 is 5.32 Å². The van der Waals surface area contributed by atoms with Gasteiger partial charge in [-0.1, -0.05) is 0 Å². The van der Waals surface area contributed by atoms with Crippen molar-refractivity contribution in [1.82, 2.24) is 5.32 Å². The molecular weight excluding hydrogens is 220 g/mol. The molecule has 1 fully saturated rings. The van der Waals surface area contributed by atoms with Crippen molar-refractivity contribution in [2.45, 2.75) is 25.8 Å². The summed E-state index contributed by atoms with van der Waals surface area (Å²) in [5.41, 5.74) is 0.189. The highest BCUT2D eigenvalue weighted by atomic mass is 32.1. The largest absolute Gasteiger partial charge is 0.349 e. The molecule has 82 valence electrons. The smallest absolute Gasteiger partial charge is 0.262 e. The molecule has 0 radical (unpaired) electrons. The van der Waals surface area contributed by atoms with Crippen molar-refractivity contribution in [3.8, 4) is 6.07 Å². The maximum absolute atomic E-state index is 11.6. The van der Waals surface area contributed by atoms with Crippen LogP contribution in [0, 0.1) is 18.3 Å². The number of carbonyl (C=O) groups is 1. The van der Waals surface area contributed by atoms with Gasteiger partial charge in [-0.05, 0) is 38.0 Å². The third-order valence-electron chi connectivity index (χ3n) is 2.33. The van der Waals surface area contributed by atoms with E-state index in [-0.39, 0.29) is 17.5 Å². The van der Waals surface area contributed by atoms with Crippen molar-refractivity contribution in [3.63, 3.8) is 0 Å². The molecule has 1 aromatic rings. The van der Waals surface area contributed by atoms with Gasteiger partial charge in [-0.15, -0.1) is 11.3 Å². The van der Waals surface area contributed by atoms with Crippen molar-refractivity contribution in [1.29, 1.82) is 5.26 Å². The quantitative estimate of drug-likeness (QED) is 0.642. The average Bonchev–Trinajstić information content (AvgIpc) is 2.97. The lowest BCUT2D eigenvalue weighted by Gasteiger charge is -1.99. The summed E-state index contributed by atoms with van der Waals surface area (Å²) in [7, 11) is 0. The first-order valence-electron chi connectivity index (χ1n) is 5.18. The Morgan fingerprint density at radius 2 is 2.38 bits per heavy atom. The highest BCUT2D eigenvalue weighted by molar-refractivity contribution is 7.12. The van der Waals surface area contributed by atoms with E-state index in [1.807, 2.05) is 25.1 Å². The van der Waals surface area contributed by atoms with E-state index in [1.165, 1.54) is 4.88 Å². The van der Waals surface area contributed by atoms with Gasteiger partial charge in [-0.2, -0.15) is 5.26 Å². The maximum atomic E-state index is 11.6. The van der Waals surface area contributed by atoms with Gasteiger partial charge in [0.2, 0.25) is 0 Å². The zero-order chi connectivity index (χ0) is 11.5. The first kappa shape index (κ1) is 10.9. The average molecular weight is 232 g/mol. The van der Waals surface area contributed by atoms with E-state index < -0.39 is 0 Å². The summed E-state index contributed by atoms with van der Waals surface area (Å²) < 4.78 is 0. The highest BCUT2D eigenvalue weighted by Gasteiger charge is 2.24. The monoisotopic (exact) mass is 232 g/mol. The van der Waals surface area contributed by atoms with Crippen molar-refractivity contribution < 1.29 is 4.79 Å². The van der Waals surface area contributed by atoms with Gasteiger partial charge in [0.05, 0.1) is 0 Å². The molecule has 2 rings (SSSR count). The SMILES string of the molecule is Cc1ccc(C=C(C#N)C(=O)NC2CC2)s1. The molecule has 1 amide bonds. The van der Waals surface area contributed by atoms with Gasteiger partial charge in [0, 0.05) is 15.8 Å². The van der Waals surface area contributed by atoms with Crippen LogP contribution in [0.1, 0.15) is 22.6 Å². The number of amides is 1. The second kappa shape index (κ2) is 4.50. The van der Waals surface area contributed by atoms with Crippen LogP contribution in [0.5, 0.6) is 0 Å². The van der Waals surface area contributed by atoms with Gasteiger partial charge in [-0.25, -0.2) is 0 Å². The number of hydrogen-bond donors (Lipinski definition) is 1. The van der Waals surface area contributed by atoms with Crippen molar-refractivity contribution in [2.75, 3.05) is 0 Å². The summed E-state index contributed by atoms with van der Waals surface area (Å²) in [6.07, 6.45) is 3.71.